The molecule has 0 aliphatic carbocycles. The van der Waals surface area contributed by atoms with Gasteiger partial charge >= 0.3 is 0 Å². The Hall–Kier alpha value is -0.120. The van der Waals surface area contributed by atoms with Crippen molar-refractivity contribution in [3.05, 3.63) is 0 Å². The summed E-state index contributed by atoms with van der Waals surface area (Å²) in [5.41, 5.74) is 0. The molecule has 0 atom stereocenters. The number of ether oxygens (including phenoxy) is 1. The maximum absolute atomic E-state index is 8.57. The Morgan fingerprint density at radius 3 is 2.55 bits per heavy atom. The number of nitrogens with zero attached hydrogens (tertiary/aromatic N) is 1. The number of unbranched alkanes of at least 4 members (excludes halogenated alkanes) is 1. The molecule has 0 saturated carbocycles. The molecule has 0 aliphatic heterocycles. The summed E-state index contributed by atoms with van der Waals surface area (Å²) in [5, 5.41) is 8.57. The van der Waals surface area contributed by atoms with Crippen molar-refractivity contribution in [3.63, 3.8) is 0 Å². The third-order valence-corrected chi connectivity index (χ3v) is 1.62. The van der Waals surface area contributed by atoms with Crippen LogP contribution in [0.5, 0.6) is 0 Å². The van der Waals surface area contributed by atoms with Crippen LogP contribution in [0, 0.1) is 0 Å². The molecule has 0 saturated heterocycles. The fourth-order valence-corrected chi connectivity index (χ4v) is 0.911. The highest BCUT2D eigenvalue weighted by Gasteiger charge is 1.95. The lowest BCUT2D eigenvalue weighted by Gasteiger charge is -2.13. The molecule has 1 N–H and O–H groups in total. The number of hydrogen-bond donors (Lipinski definition) is 1. The zero-order valence-corrected chi connectivity index (χ0v) is 7.55. The first-order chi connectivity index (χ1) is 5.31. The number of rotatable bonds is 7. The molecule has 0 bridgehead atoms. The number of methoxy groups -OCH3 is 1. The van der Waals surface area contributed by atoms with Crippen LogP contribution in [0.25, 0.3) is 0 Å². The van der Waals surface area contributed by atoms with Crippen molar-refractivity contribution in [2.24, 2.45) is 0 Å². The Labute approximate surface area is 69.0 Å². The summed E-state index contributed by atoms with van der Waals surface area (Å²) in [5.74, 6) is 0. The molecule has 0 rings (SSSR count). The van der Waals surface area contributed by atoms with Crippen LogP contribution in [0.1, 0.15) is 12.8 Å². The summed E-state index contributed by atoms with van der Waals surface area (Å²) in [6, 6.07) is 0. The molecule has 0 unspecified atom stereocenters. The van der Waals surface area contributed by atoms with E-state index in [-0.39, 0.29) is 6.61 Å². The number of hydrogen-bond acceptors (Lipinski definition) is 3. The molecule has 0 spiro atoms. The van der Waals surface area contributed by atoms with E-state index in [0.29, 0.717) is 0 Å². The highest BCUT2D eigenvalue weighted by Crippen LogP contribution is 1.92. The van der Waals surface area contributed by atoms with Crippen LogP contribution < -0.4 is 0 Å². The van der Waals surface area contributed by atoms with Gasteiger partial charge in [-0.15, -0.1) is 0 Å². The smallest absolute Gasteiger partial charge is 0.0558 e. The van der Waals surface area contributed by atoms with Gasteiger partial charge in [-0.25, -0.2) is 0 Å². The second kappa shape index (κ2) is 7.98. The molecule has 3 heteroatoms. The van der Waals surface area contributed by atoms with Crippen molar-refractivity contribution < 1.29 is 9.84 Å². The van der Waals surface area contributed by atoms with Crippen molar-refractivity contribution in [2.45, 2.75) is 12.8 Å². The largest absolute Gasteiger partial charge is 0.395 e. The van der Waals surface area contributed by atoms with Gasteiger partial charge in [0.2, 0.25) is 0 Å². The minimum absolute atomic E-state index is 0.251. The van der Waals surface area contributed by atoms with Crippen molar-refractivity contribution in [3.8, 4) is 0 Å². The average molecular weight is 161 g/mol. The number of likely N-dealkylation sites (N-methyl/N-ethyl adjacent to an activating group) is 1. The molecule has 11 heavy (non-hydrogen) atoms. The Kier molecular flexibility index (Phi) is 7.89. The van der Waals surface area contributed by atoms with E-state index in [4.69, 9.17) is 9.84 Å². The van der Waals surface area contributed by atoms with Crippen LogP contribution >= 0.6 is 0 Å². The molecule has 0 fully saturated rings. The van der Waals surface area contributed by atoms with Crippen molar-refractivity contribution in [1.82, 2.24) is 4.90 Å². The lowest BCUT2D eigenvalue weighted by molar-refractivity contribution is 0.181. The first kappa shape index (κ1) is 10.9. The zero-order chi connectivity index (χ0) is 8.53. The fourth-order valence-electron chi connectivity index (χ4n) is 0.911. The predicted molar refractivity (Wildman–Crippen MR) is 45.7 cm³/mol. The van der Waals surface area contributed by atoms with Crippen LogP contribution in [-0.2, 0) is 4.74 Å². The molecule has 0 aliphatic rings. The van der Waals surface area contributed by atoms with E-state index >= 15 is 0 Å². The molecule has 0 aromatic heterocycles. The lowest BCUT2D eigenvalue weighted by atomic mass is 10.3. The van der Waals surface area contributed by atoms with E-state index in [2.05, 4.69) is 4.90 Å². The third-order valence-electron chi connectivity index (χ3n) is 1.62. The molecule has 0 heterocycles. The Morgan fingerprint density at radius 2 is 2.00 bits per heavy atom. The van der Waals surface area contributed by atoms with Gasteiger partial charge in [0.05, 0.1) is 6.61 Å². The van der Waals surface area contributed by atoms with E-state index in [1.165, 1.54) is 0 Å². The fraction of sp³-hybridized carbons (Fsp3) is 1.00. The Bertz CT molecular complexity index is 78.5. The minimum atomic E-state index is 0.251. The third kappa shape index (κ3) is 7.78. The summed E-state index contributed by atoms with van der Waals surface area (Å²) < 4.78 is 4.92. The molecule has 68 valence electrons. The van der Waals surface area contributed by atoms with Crippen molar-refractivity contribution in [2.75, 3.05) is 40.5 Å². The Balaban J connectivity index is 2.97. The summed E-state index contributed by atoms with van der Waals surface area (Å²) >= 11 is 0. The molecule has 3 nitrogen and oxygen atoms in total. The standard InChI is InChI=1S/C8H19NO2/c1-9(6-7-10)5-3-4-8-11-2/h10H,3-8H2,1-2H3. The minimum Gasteiger partial charge on any atom is -0.395 e. The highest BCUT2D eigenvalue weighted by atomic mass is 16.5. The first-order valence-corrected chi connectivity index (χ1v) is 4.09. The van der Waals surface area contributed by atoms with E-state index in [9.17, 15) is 0 Å². The number of aliphatic hydroxyl groups is 1. The quantitative estimate of drug-likeness (QED) is 0.546. The van der Waals surface area contributed by atoms with E-state index in [1.807, 2.05) is 7.05 Å². The van der Waals surface area contributed by atoms with Crippen molar-refractivity contribution in [1.29, 1.82) is 0 Å². The van der Waals surface area contributed by atoms with Crippen LogP contribution in [0.2, 0.25) is 0 Å². The zero-order valence-electron chi connectivity index (χ0n) is 7.55. The maximum atomic E-state index is 8.57. The van der Waals surface area contributed by atoms with Crippen LogP contribution in [-0.4, -0.2) is 50.5 Å². The molecular weight excluding hydrogens is 142 g/mol. The highest BCUT2D eigenvalue weighted by molar-refractivity contribution is 4.49. The van der Waals surface area contributed by atoms with Gasteiger partial charge in [-0.3, -0.25) is 0 Å². The summed E-state index contributed by atoms with van der Waals surface area (Å²) in [4.78, 5) is 2.12. The van der Waals surface area contributed by atoms with Gasteiger partial charge in [-0.05, 0) is 26.4 Å². The van der Waals surface area contributed by atoms with Gasteiger partial charge in [-0.1, -0.05) is 0 Å². The molecule has 0 aromatic carbocycles. The van der Waals surface area contributed by atoms with Gasteiger partial charge in [0.25, 0.3) is 0 Å². The van der Waals surface area contributed by atoms with E-state index < -0.39 is 0 Å². The van der Waals surface area contributed by atoms with Gasteiger partial charge in [0.1, 0.15) is 0 Å². The van der Waals surface area contributed by atoms with Gasteiger partial charge in [0.15, 0.2) is 0 Å². The molecule has 0 radical (unpaired) electrons. The molecule has 0 amide bonds. The molecule has 0 aromatic rings. The number of aliphatic hydroxyl groups excluding tert-OH is 1. The SMILES string of the molecule is COCCCCN(C)CCO. The average Bonchev–Trinajstić information content (AvgIpc) is 1.99. The topological polar surface area (TPSA) is 32.7 Å². The van der Waals surface area contributed by atoms with E-state index in [1.54, 1.807) is 7.11 Å². The van der Waals surface area contributed by atoms with E-state index in [0.717, 1.165) is 32.5 Å². The predicted octanol–water partition coefficient (Wildman–Crippen LogP) is 0.337. The maximum Gasteiger partial charge on any atom is 0.0558 e. The van der Waals surface area contributed by atoms with Gasteiger partial charge in [0, 0.05) is 20.3 Å². The summed E-state index contributed by atoms with van der Waals surface area (Å²) in [6.45, 7) is 2.91. The van der Waals surface area contributed by atoms with Crippen LogP contribution in [0.15, 0.2) is 0 Å². The summed E-state index contributed by atoms with van der Waals surface area (Å²) in [7, 11) is 3.74. The van der Waals surface area contributed by atoms with Gasteiger partial charge in [-0.2, -0.15) is 0 Å². The van der Waals surface area contributed by atoms with Crippen LogP contribution in [0.3, 0.4) is 0 Å². The summed E-state index contributed by atoms with van der Waals surface area (Å²) in [6.07, 6.45) is 2.25. The first-order valence-electron chi connectivity index (χ1n) is 4.09. The van der Waals surface area contributed by atoms with Gasteiger partial charge < -0.3 is 14.7 Å². The Morgan fingerprint density at radius 1 is 1.27 bits per heavy atom. The lowest BCUT2D eigenvalue weighted by Crippen LogP contribution is -2.23. The van der Waals surface area contributed by atoms with Crippen molar-refractivity contribution >= 4 is 0 Å². The normalized spacial score (nSPS) is 10.9. The second-order valence-corrected chi connectivity index (χ2v) is 2.73. The monoisotopic (exact) mass is 161 g/mol. The molecular formula is C8H19NO2. The second-order valence-electron chi connectivity index (χ2n) is 2.73. The van der Waals surface area contributed by atoms with Crippen LogP contribution in [0.4, 0.5) is 0 Å².